The third-order valence-electron chi connectivity index (χ3n) is 2.14. The number of hydrogen-bond acceptors (Lipinski definition) is 3. The van der Waals surface area contributed by atoms with E-state index in [0.29, 0.717) is 6.42 Å². The van der Waals surface area contributed by atoms with E-state index in [1.54, 1.807) is 6.20 Å². The lowest BCUT2D eigenvalue weighted by Gasteiger charge is -2.04. The zero-order valence-corrected chi connectivity index (χ0v) is 8.36. The molecule has 0 unspecified atom stereocenters. The first kappa shape index (κ1) is 10.7. The summed E-state index contributed by atoms with van der Waals surface area (Å²) in [6.07, 6.45) is 6.02. The van der Waals surface area contributed by atoms with Gasteiger partial charge in [-0.2, -0.15) is 0 Å². The molecule has 5 nitrogen and oxygen atoms in total. The first-order valence-corrected chi connectivity index (χ1v) is 4.71. The molecule has 0 bridgehead atoms. The minimum atomic E-state index is -0.104. The number of aryl methyl sites for hydroxylation is 2. The van der Waals surface area contributed by atoms with Gasteiger partial charge in [-0.05, 0) is 19.8 Å². The summed E-state index contributed by atoms with van der Waals surface area (Å²) in [5.74, 6) is 5.86. The third kappa shape index (κ3) is 3.18. The van der Waals surface area contributed by atoms with Gasteiger partial charge in [0.15, 0.2) is 0 Å². The lowest BCUT2D eigenvalue weighted by molar-refractivity contribution is -0.121. The molecule has 1 heterocycles. The maximum atomic E-state index is 10.8. The highest BCUT2D eigenvalue weighted by Gasteiger charge is 1.99. The van der Waals surface area contributed by atoms with Gasteiger partial charge < -0.3 is 4.57 Å². The normalized spacial score (nSPS) is 10.1. The fourth-order valence-corrected chi connectivity index (χ4v) is 1.28. The summed E-state index contributed by atoms with van der Waals surface area (Å²) in [5.41, 5.74) is 2.11. The molecule has 1 aromatic rings. The van der Waals surface area contributed by atoms with E-state index in [1.165, 1.54) is 0 Å². The summed E-state index contributed by atoms with van der Waals surface area (Å²) in [7, 11) is 0. The Bertz CT molecular complexity index is 295. The zero-order chi connectivity index (χ0) is 10.4. The maximum Gasteiger partial charge on any atom is 0.233 e. The summed E-state index contributed by atoms with van der Waals surface area (Å²) in [5, 5.41) is 0. The molecule has 0 aromatic carbocycles. The molecule has 0 radical (unpaired) electrons. The van der Waals surface area contributed by atoms with Crippen LogP contribution in [0.25, 0.3) is 0 Å². The van der Waals surface area contributed by atoms with Gasteiger partial charge in [0.05, 0.1) is 0 Å². The first-order valence-electron chi connectivity index (χ1n) is 4.71. The van der Waals surface area contributed by atoms with Gasteiger partial charge in [0.25, 0.3) is 0 Å². The van der Waals surface area contributed by atoms with Crippen molar-refractivity contribution in [3.05, 3.63) is 18.2 Å². The second-order valence-corrected chi connectivity index (χ2v) is 3.19. The van der Waals surface area contributed by atoms with Crippen molar-refractivity contribution in [2.24, 2.45) is 5.84 Å². The van der Waals surface area contributed by atoms with Crippen LogP contribution >= 0.6 is 0 Å². The van der Waals surface area contributed by atoms with Gasteiger partial charge in [-0.3, -0.25) is 10.2 Å². The lowest BCUT2D eigenvalue weighted by Crippen LogP contribution is -2.29. The highest BCUT2D eigenvalue weighted by Crippen LogP contribution is 2.01. The first-order chi connectivity index (χ1) is 6.74. The Hall–Kier alpha value is -1.36. The molecule has 0 fully saturated rings. The lowest BCUT2D eigenvalue weighted by atomic mass is 10.2. The molecular weight excluding hydrogens is 180 g/mol. The van der Waals surface area contributed by atoms with Crippen molar-refractivity contribution in [3.8, 4) is 0 Å². The van der Waals surface area contributed by atoms with E-state index in [0.717, 1.165) is 25.2 Å². The van der Waals surface area contributed by atoms with Gasteiger partial charge in [0, 0.05) is 25.4 Å². The molecule has 0 spiro atoms. The summed E-state index contributed by atoms with van der Waals surface area (Å²) in [4.78, 5) is 14.9. The Labute approximate surface area is 83.3 Å². The highest BCUT2D eigenvalue weighted by atomic mass is 16.2. The SMILES string of the molecule is Cc1nccn1CCCCC(=O)NN. The zero-order valence-electron chi connectivity index (χ0n) is 8.36. The smallest absolute Gasteiger partial charge is 0.233 e. The standard InChI is InChI=1S/C9H16N4O/c1-8-11-5-7-13(8)6-3-2-4-9(14)12-10/h5,7H,2-4,6,10H2,1H3,(H,12,14). The van der Waals surface area contributed by atoms with Crippen molar-refractivity contribution >= 4 is 5.91 Å². The molecule has 78 valence electrons. The predicted molar refractivity (Wildman–Crippen MR) is 53.1 cm³/mol. The van der Waals surface area contributed by atoms with Crippen molar-refractivity contribution in [2.45, 2.75) is 32.7 Å². The molecule has 0 saturated heterocycles. The van der Waals surface area contributed by atoms with Crippen LogP contribution in [0.5, 0.6) is 0 Å². The number of carbonyl (C=O) groups excluding carboxylic acids is 1. The number of imidazole rings is 1. The van der Waals surface area contributed by atoms with Crippen LogP contribution in [0.2, 0.25) is 0 Å². The Balaban J connectivity index is 2.16. The van der Waals surface area contributed by atoms with Crippen LogP contribution in [0, 0.1) is 6.92 Å². The van der Waals surface area contributed by atoms with Crippen molar-refractivity contribution in [2.75, 3.05) is 0 Å². The topological polar surface area (TPSA) is 72.9 Å². The van der Waals surface area contributed by atoms with Crippen LogP contribution in [0.15, 0.2) is 12.4 Å². The van der Waals surface area contributed by atoms with Gasteiger partial charge in [0.1, 0.15) is 5.82 Å². The third-order valence-corrected chi connectivity index (χ3v) is 2.14. The number of hydrogen-bond donors (Lipinski definition) is 2. The maximum absolute atomic E-state index is 10.8. The quantitative estimate of drug-likeness (QED) is 0.309. The van der Waals surface area contributed by atoms with E-state index < -0.39 is 0 Å². The van der Waals surface area contributed by atoms with Gasteiger partial charge in [-0.15, -0.1) is 0 Å². The Kier molecular flexibility index (Phi) is 4.12. The molecular formula is C9H16N4O. The molecule has 1 aromatic heterocycles. The molecule has 0 atom stereocenters. The summed E-state index contributed by atoms with van der Waals surface area (Å²) >= 11 is 0. The van der Waals surface area contributed by atoms with E-state index >= 15 is 0 Å². The van der Waals surface area contributed by atoms with Gasteiger partial charge in [0.2, 0.25) is 5.91 Å². The summed E-state index contributed by atoms with van der Waals surface area (Å²) < 4.78 is 2.07. The molecule has 14 heavy (non-hydrogen) atoms. The number of rotatable bonds is 5. The fourth-order valence-electron chi connectivity index (χ4n) is 1.28. The van der Waals surface area contributed by atoms with Crippen molar-refractivity contribution in [3.63, 3.8) is 0 Å². The summed E-state index contributed by atoms with van der Waals surface area (Å²) in [6.45, 7) is 2.87. The Morgan fingerprint density at radius 1 is 1.64 bits per heavy atom. The van der Waals surface area contributed by atoms with E-state index in [9.17, 15) is 4.79 Å². The largest absolute Gasteiger partial charge is 0.335 e. The number of carbonyl (C=O) groups is 1. The second-order valence-electron chi connectivity index (χ2n) is 3.19. The van der Waals surface area contributed by atoms with Crippen molar-refractivity contribution in [1.82, 2.24) is 15.0 Å². The molecule has 5 heteroatoms. The van der Waals surface area contributed by atoms with Crippen LogP contribution in [-0.4, -0.2) is 15.5 Å². The second kappa shape index (κ2) is 5.39. The van der Waals surface area contributed by atoms with E-state index in [-0.39, 0.29) is 5.91 Å². The number of amides is 1. The van der Waals surface area contributed by atoms with Crippen LogP contribution in [0.4, 0.5) is 0 Å². The molecule has 0 aliphatic carbocycles. The highest BCUT2D eigenvalue weighted by molar-refractivity contribution is 5.74. The summed E-state index contributed by atoms with van der Waals surface area (Å²) in [6, 6.07) is 0. The van der Waals surface area contributed by atoms with E-state index in [4.69, 9.17) is 5.84 Å². The molecule has 0 aliphatic rings. The van der Waals surface area contributed by atoms with Gasteiger partial charge >= 0.3 is 0 Å². The number of nitrogens with zero attached hydrogens (tertiary/aromatic N) is 2. The minimum Gasteiger partial charge on any atom is -0.335 e. The number of hydrazine groups is 1. The van der Waals surface area contributed by atoms with E-state index in [1.807, 2.05) is 13.1 Å². The molecule has 0 aliphatic heterocycles. The molecule has 3 N–H and O–H groups in total. The van der Waals surface area contributed by atoms with Crippen LogP contribution < -0.4 is 11.3 Å². The number of nitrogens with one attached hydrogen (secondary N) is 1. The van der Waals surface area contributed by atoms with Gasteiger partial charge in [-0.1, -0.05) is 0 Å². The van der Waals surface area contributed by atoms with Crippen LogP contribution in [0.3, 0.4) is 0 Å². The van der Waals surface area contributed by atoms with E-state index in [2.05, 4.69) is 15.0 Å². The average Bonchev–Trinajstić information content (AvgIpc) is 2.58. The Morgan fingerprint density at radius 3 is 3.00 bits per heavy atom. The number of nitrogens with two attached hydrogens (primary N) is 1. The molecule has 1 rings (SSSR count). The van der Waals surface area contributed by atoms with Crippen molar-refractivity contribution < 1.29 is 4.79 Å². The monoisotopic (exact) mass is 196 g/mol. The fraction of sp³-hybridized carbons (Fsp3) is 0.556. The van der Waals surface area contributed by atoms with Gasteiger partial charge in [-0.25, -0.2) is 10.8 Å². The average molecular weight is 196 g/mol. The Morgan fingerprint density at radius 2 is 2.43 bits per heavy atom. The van der Waals surface area contributed by atoms with Crippen molar-refractivity contribution in [1.29, 1.82) is 0 Å². The minimum absolute atomic E-state index is 0.104. The number of unbranched alkanes of at least 4 members (excludes halogenated alkanes) is 1. The molecule has 0 saturated carbocycles. The van der Waals surface area contributed by atoms with Crippen LogP contribution in [0.1, 0.15) is 25.1 Å². The predicted octanol–water partition coefficient (Wildman–Crippen LogP) is 0.352. The number of aromatic nitrogens is 2. The molecule has 1 amide bonds. The van der Waals surface area contributed by atoms with Crippen LogP contribution in [-0.2, 0) is 11.3 Å².